The Kier molecular flexibility index (Phi) is 6.75. The third-order valence-corrected chi connectivity index (χ3v) is 4.56. The molecule has 0 aliphatic heterocycles. The first-order chi connectivity index (χ1) is 11.5. The highest BCUT2D eigenvalue weighted by atomic mass is 32.1. The average Bonchev–Trinajstić information content (AvgIpc) is 2.99. The van der Waals surface area contributed by atoms with Crippen LogP contribution in [0.5, 0.6) is 5.75 Å². The molecule has 1 aromatic heterocycles. The molecule has 0 aliphatic carbocycles. The fourth-order valence-electron chi connectivity index (χ4n) is 2.26. The second-order valence-electron chi connectivity index (χ2n) is 5.83. The molecule has 0 saturated carbocycles. The second-order valence-corrected chi connectivity index (χ2v) is 6.78. The number of aliphatic hydroxyl groups is 1. The summed E-state index contributed by atoms with van der Waals surface area (Å²) in [6.07, 6.45) is 0.341. The van der Waals surface area contributed by atoms with Crippen LogP contribution in [0.15, 0.2) is 29.6 Å². The molecule has 130 valence electrons. The van der Waals surface area contributed by atoms with E-state index >= 15 is 0 Å². The van der Waals surface area contributed by atoms with Gasteiger partial charge in [-0.15, -0.1) is 11.3 Å². The van der Waals surface area contributed by atoms with Gasteiger partial charge in [-0.1, -0.05) is 24.6 Å². The maximum atomic E-state index is 12.0. The van der Waals surface area contributed by atoms with Gasteiger partial charge in [-0.25, -0.2) is 4.98 Å². The summed E-state index contributed by atoms with van der Waals surface area (Å²) in [6.45, 7) is 6.03. The molecular weight excluding hydrogens is 324 g/mol. The molecule has 6 heteroatoms. The van der Waals surface area contributed by atoms with Crippen LogP contribution in [0.25, 0.3) is 0 Å². The Morgan fingerprint density at radius 1 is 1.38 bits per heavy atom. The number of rotatable bonds is 8. The van der Waals surface area contributed by atoms with Gasteiger partial charge in [0.15, 0.2) is 0 Å². The normalized spacial score (nSPS) is 13.3. The van der Waals surface area contributed by atoms with Gasteiger partial charge in [0.25, 0.3) is 0 Å². The molecule has 2 N–H and O–H groups in total. The van der Waals surface area contributed by atoms with E-state index in [4.69, 9.17) is 4.74 Å². The maximum absolute atomic E-state index is 12.0. The molecule has 0 fully saturated rings. The number of carbonyl (C=O) groups is 1. The van der Waals surface area contributed by atoms with Gasteiger partial charge in [0, 0.05) is 5.38 Å². The molecule has 1 amide bonds. The third-order valence-electron chi connectivity index (χ3n) is 3.69. The first kappa shape index (κ1) is 18.4. The Morgan fingerprint density at radius 2 is 2.08 bits per heavy atom. The molecule has 5 nitrogen and oxygen atoms in total. The van der Waals surface area contributed by atoms with Gasteiger partial charge < -0.3 is 15.2 Å². The van der Waals surface area contributed by atoms with E-state index < -0.39 is 6.10 Å². The van der Waals surface area contributed by atoms with E-state index in [2.05, 4.69) is 10.3 Å². The fraction of sp³-hybridized carbons (Fsp3) is 0.444. The minimum absolute atomic E-state index is 0.126. The van der Waals surface area contributed by atoms with Crippen molar-refractivity contribution in [2.45, 2.75) is 52.4 Å². The largest absolute Gasteiger partial charge is 0.486 e. The van der Waals surface area contributed by atoms with Gasteiger partial charge in [-0.3, -0.25) is 4.79 Å². The van der Waals surface area contributed by atoms with Gasteiger partial charge in [-0.2, -0.15) is 0 Å². The van der Waals surface area contributed by atoms with Crippen molar-refractivity contribution < 1.29 is 14.6 Å². The Bertz CT molecular complexity index is 653. The molecule has 24 heavy (non-hydrogen) atoms. The summed E-state index contributed by atoms with van der Waals surface area (Å²) in [7, 11) is 0. The van der Waals surface area contributed by atoms with Crippen molar-refractivity contribution in [3.63, 3.8) is 0 Å². The Labute approximate surface area is 146 Å². The highest BCUT2D eigenvalue weighted by Crippen LogP contribution is 2.16. The van der Waals surface area contributed by atoms with Crippen molar-refractivity contribution >= 4 is 17.2 Å². The van der Waals surface area contributed by atoms with Crippen LogP contribution in [-0.2, 0) is 17.8 Å². The molecule has 0 saturated heterocycles. The average molecular weight is 348 g/mol. The van der Waals surface area contributed by atoms with E-state index in [0.717, 1.165) is 16.5 Å². The number of aromatic nitrogens is 1. The van der Waals surface area contributed by atoms with Gasteiger partial charge in [-0.05, 0) is 32.4 Å². The van der Waals surface area contributed by atoms with Gasteiger partial charge >= 0.3 is 0 Å². The molecule has 1 heterocycles. The number of nitrogens with one attached hydrogen (secondary N) is 1. The number of nitrogens with zero attached hydrogens (tertiary/aromatic N) is 1. The van der Waals surface area contributed by atoms with E-state index in [1.807, 2.05) is 43.5 Å². The zero-order valence-electron chi connectivity index (χ0n) is 14.3. The van der Waals surface area contributed by atoms with Crippen LogP contribution >= 0.6 is 11.3 Å². The van der Waals surface area contributed by atoms with Crippen molar-refractivity contribution in [1.82, 2.24) is 10.3 Å². The number of aliphatic hydroxyl groups excluding tert-OH is 1. The molecule has 0 bridgehead atoms. The van der Waals surface area contributed by atoms with Crippen molar-refractivity contribution in [1.29, 1.82) is 0 Å². The van der Waals surface area contributed by atoms with Crippen molar-refractivity contribution in [3.05, 3.63) is 45.9 Å². The number of benzene rings is 1. The summed E-state index contributed by atoms with van der Waals surface area (Å²) in [4.78, 5) is 16.4. The summed E-state index contributed by atoms with van der Waals surface area (Å²) in [5, 5.41) is 15.1. The van der Waals surface area contributed by atoms with Crippen LogP contribution in [-0.4, -0.2) is 28.1 Å². The van der Waals surface area contributed by atoms with Crippen LogP contribution in [0.4, 0.5) is 0 Å². The molecule has 2 rings (SSSR count). The number of amides is 1. The predicted molar refractivity (Wildman–Crippen MR) is 95.2 cm³/mol. The lowest BCUT2D eigenvalue weighted by Crippen LogP contribution is -2.42. The monoisotopic (exact) mass is 348 g/mol. The lowest BCUT2D eigenvalue weighted by molar-refractivity contribution is -0.122. The number of ether oxygens (including phenoxy) is 1. The number of carbonyl (C=O) groups excluding carboxylic acids is 1. The molecule has 2 unspecified atom stereocenters. The lowest BCUT2D eigenvalue weighted by atomic mass is 10.1. The highest BCUT2D eigenvalue weighted by molar-refractivity contribution is 7.09. The maximum Gasteiger partial charge on any atom is 0.226 e. The van der Waals surface area contributed by atoms with Gasteiger partial charge in [0.1, 0.15) is 17.4 Å². The van der Waals surface area contributed by atoms with E-state index in [1.165, 1.54) is 16.9 Å². The van der Waals surface area contributed by atoms with Gasteiger partial charge in [0.2, 0.25) is 5.91 Å². The second kappa shape index (κ2) is 8.80. The zero-order chi connectivity index (χ0) is 17.5. The predicted octanol–water partition coefficient (Wildman–Crippen LogP) is 2.85. The van der Waals surface area contributed by atoms with E-state index in [-0.39, 0.29) is 18.4 Å². The minimum Gasteiger partial charge on any atom is -0.486 e. The minimum atomic E-state index is -0.562. The quantitative estimate of drug-likeness (QED) is 0.769. The standard InChI is InChI=1S/C18H24N2O3S/c1-4-16(13(3)21)20-17(22)9-14-11-24-18(19-14)10-23-15-7-5-12(2)6-8-15/h5-8,11,13,16,21H,4,9-10H2,1-3H3,(H,20,22). The SMILES string of the molecule is CCC(NC(=O)Cc1csc(COc2ccc(C)cc2)n1)C(C)O. The van der Waals surface area contributed by atoms with E-state index in [0.29, 0.717) is 13.0 Å². The van der Waals surface area contributed by atoms with Crippen LogP contribution in [0.2, 0.25) is 0 Å². The van der Waals surface area contributed by atoms with Gasteiger partial charge in [0.05, 0.1) is 24.3 Å². The van der Waals surface area contributed by atoms with Crippen LogP contribution in [0, 0.1) is 6.92 Å². The topological polar surface area (TPSA) is 71.5 Å². The molecular formula is C18H24N2O3S. The van der Waals surface area contributed by atoms with Crippen LogP contribution < -0.4 is 10.1 Å². The molecule has 0 radical (unpaired) electrons. The van der Waals surface area contributed by atoms with Crippen molar-refractivity contribution in [2.24, 2.45) is 0 Å². The number of aryl methyl sites for hydroxylation is 1. The first-order valence-corrected chi connectivity index (χ1v) is 8.96. The number of hydrogen-bond acceptors (Lipinski definition) is 5. The summed E-state index contributed by atoms with van der Waals surface area (Å²) in [5.74, 6) is 0.678. The Hall–Kier alpha value is -1.92. The zero-order valence-corrected chi connectivity index (χ0v) is 15.1. The molecule has 2 aromatic rings. The van der Waals surface area contributed by atoms with E-state index in [9.17, 15) is 9.90 Å². The molecule has 0 spiro atoms. The summed E-state index contributed by atoms with van der Waals surface area (Å²) in [6, 6.07) is 7.63. The highest BCUT2D eigenvalue weighted by Gasteiger charge is 2.16. The first-order valence-electron chi connectivity index (χ1n) is 8.08. The van der Waals surface area contributed by atoms with E-state index in [1.54, 1.807) is 6.92 Å². The van der Waals surface area contributed by atoms with Crippen molar-refractivity contribution in [2.75, 3.05) is 0 Å². The molecule has 1 aromatic carbocycles. The third kappa shape index (κ3) is 5.62. The number of hydrogen-bond donors (Lipinski definition) is 2. The lowest BCUT2D eigenvalue weighted by Gasteiger charge is -2.19. The fourth-order valence-corrected chi connectivity index (χ4v) is 2.97. The summed E-state index contributed by atoms with van der Waals surface area (Å²) < 4.78 is 5.69. The van der Waals surface area contributed by atoms with Crippen molar-refractivity contribution in [3.8, 4) is 5.75 Å². The smallest absolute Gasteiger partial charge is 0.226 e. The Balaban J connectivity index is 1.84. The molecule has 2 atom stereocenters. The Morgan fingerprint density at radius 3 is 2.71 bits per heavy atom. The van der Waals surface area contributed by atoms with Crippen LogP contribution in [0.3, 0.4) is 0 Å². The number of thiazole rings is 1. The summed E-state index contributed by atoms with van der Waals surface area (Å²) >= 11 is 1.48. The summed E-state index contributed by atoms with van der Waals surface area (Å²) in [5.41, 5.74) is 1.91. The molecule has 0 aliphatic rings. The van der Waals surface area contributed by atoms with Crippen LogP contribution in [0.1, 0.15) is 36.5 Å².